The smallest absolute Gasteiger partial charge is 0.129 e. The number of rotatable bonds is 1. The molecule has 1 saturated carbocycles. The Balaban J connectivity index is 1.95. The molecule has 1 aliphatic heterocycles. The average Bonchev–Trinajstić information content (AvgIpc) is 2.47. The van der Waals surface area contributed by atoms with Crippen molar-refractivity contribution in [1.29, 1.82) is 0 Å². The van der Waals surface area contributed by atoms with Crippen LogP contribution in [0.3, 0.4) is 0 Å². The SMILES string of the molecule is Cc1cc(Cl)ncc1N1CC2(C)CC1CC(C)(C)C2. The van der Waals surface area contributed by atoms with Gasteiger partial charge >= 0.3 is 0 Å². The van der Waals surface area contributed by atoms with Crippen LogP contribution in [0.4, 0.5) is 5.69 Å². The van der Waals surface area contributed by atoms with Crippen LogP contribution in [0.2, 0.25) is 5.15 Å². The molecular formula is C16H23ClN2. The maximum Gasteiger partial charge on any atom is 0.129 e. The highest BCUT2D eigenvalue weighted by molar-refractivity contribution is 6.29. The van der Waals surface area contributed by atoms with Gasteiger partial charge in [0.05, 0.1) is 11.9 Å². The minimum atomic E-state index is 0.457. The van der Waals surface area contributed by atoms with E-state index in [0.717, 1.165) is 6.54 Å². The van der Waals surface area contributed by atoms with E-state index in [2.05, 4.69) is 37.6 Å². The fourth-order valence-corrected chi connectivity index (χ4v) is 4.77. The molecule has 2 nitrogen and oxygen atoms in total. The van der Waals surface area contributed by atoms with Crippen LogP contribution >= 0.6 is 11.6 Å². The summed E-state index contributed by atoms with van der Waals surface area (Å²) in [5.41, 5.74) is 3.43. The van der Waals surface area contributed by atoms with Gasteiger partial charge in [-0.1, -0.05) is 32.4 Å². The molecule has 1 aliphatic carbocycles. The van der Waals surface area contributed by atoms with Crippen LogP contribution in [-0.2, 0) is 0 Å². The Bertz CT molecular complexity index is 511. The second-order valence-electron chi connectivity index (χ2n) is 7.64. The molecule has 1 saturated heterocycles. The molecule has 1 aromatic rings. The maximum atomic E-state index is 5.98. The normalized spacial score (nSPS) is 32.7. The summed E-state index contributed by atoms with van der Waals surface area (Å²) in [5, 5.41) is 0.593. The Kier molecular flexibility index (Phi) is 2.87. The van der Waals surface area contributed by atoms with Gasteiger partial charge in [-0.15, -0.1) is 0 Å². The van der Waals surface area contributed by atoms with Crippen molar-refractivity contribution < 1.29 is 0 Å². The van der Waals surface area contributed by atoms with Crippen molar-refractivity contribution in [1.82, 2.24) is 4.98 Å². The number of fused-ring (bicyclic) bond motifs is 2. The van der Waals surface area contributed by atoms with E-state index >= 15 is 0 Å². The van der Waals surface area contributed by atoms with Crippen molar-refractivity contribution in [2.45, 2.75) is 53.0 Å². The maximum absolute atomic E-state index is 5.98. The van der Waals surface area contributed by atoms with Gasteiger partial charge in [0.1, 0.15) is 5.15 Å². The Labute approximate surface area is 121 Å². The Hall–Kier alpha value is -0.760. The lowest BCUT2D eigenvalue weighted by molar-refractivity contribution is 0.136. The summed E-state index contributed by atoms with van der Waals surface area (Å²) in [6.45, 7) is 10.6. The van der Waals surface area contributed by atoms with Crippen molar-refractivity contribution in [3.05, 3.63) is 23.0 Å². The van der Waals surface area contributed by atoms with E-state index in [1.165, 1.54) is 30.5 Å². The first-order valence-electron chi connectivity index (χ1n) is 7.17. The predicted octanol–water partition coefficient (Wildman–Crippen LogP) is 4.45. The van der Waals surface area contributed by atoms with Gasteiger partial charge in [-0.05, 0) is 48.6 Å². The highest BCUT2D eigenvalue weighted by Crippen LogP contribution is 2.53. The second-order valence-corrected chi connectivity index (χ2v) is 8.02. The summed E-state index contributed by atoms with van der Waals surface area (Å²) in [6.07, 6.45) is 5.88. The van der Waals surface area contributed by atoms with Gasteiger partial charge in [0.2, 0.25) is 0 Å². The van der Waals surface area contributed by atoms with Gasteiger partial charge in [0.15, 0.2) is 0 Å². The summed E-state index contributed by atoms with van der Waals surface area (Å²) in [6, 6.07) is 2.64. The zero-order chi connectivity index (χ0) is 13.8. The number of aromatic nitrogens is 1. The van der Waals surface area contributed by atoms with Gasteiger partial charge in [0, 0.05) is 12.6 Å². The van der Waals surface area contributed by atoms with E-state index in [9.17, 15) is 0 Å². The van der Waals surface area contributed by atoms with Crippen molar-refractivity contribution in [3.63, 3.8) is 0 Å². The molecule has 0 N–H and O–H groups in total. The first-order chi connectivity index (χ1) is 8.78. The summed E-state index contributed by atoms with van der Waals surface area (Å²) in [5.74, 6) is 0. The average molecular weight is 279 g/mol. The number of pyridine rings is 1. The molecule has 104 valence electrons. The van der Waals surface area contributed by atoms with Crippen LogP contribution < -0.4 is 4.90 Å². The Morgan fingerprint density at radius 1 is 1.32 bits per heavy atom. The number of aryl methyl sites for hydroxylation is 1. The van der Waals surface area contributed by atoms with Crippen LogP contribution in [0.5, 0.6) is 0 Å². The van der Waals surface area contributed by atoms with E-state index in [1.807, 2.05) is 12.3 Å². The number of anilines is 1. The van der Waals surface area contributed by atoms with Gasteiger partial charge < -0.3 is 4.90 Å². The van der Waals surface area contributed by atoms with Crippen molar-refractivity contribution in [2.24, 2.45) is 10.8 Å². The molecule has 2 heterocycles. The highest BCUT2D eigenvalue weighted by Gasteiger charge is 2.49. The molecule has 3 heteroatoms. The number of hydrogen-bond acceptors (Lipinski definition) is 2. The molecule has 0 aromatic carbocycles. The molecule has 2 aliphatic rings. The van der Waals surface area contributed by atoms with Crippen LogP contribution in [0.1, 0.15) is 45.6 Å². The lowest BCUT2D eigenvalue weighted by Gasteiger charge is -2.39. The fourth-order valence-electron chi connectivity index (χ4n) is 4.56. The quantitative estimate of drug-likeness (QED) is 0.706. The molecule has 2 bridgehead atoms. The van der Waals surface area contributed by atoms with Gasteiger partial charge in [-0.2, -0.15) is 0 Å². The lowest BCUT2D eigenvalue weighted by atomic mass is 9.65. The third kappa shape index (κ3) is 2.35. The number of hydrogen-bond donors (Lipinski definition) is 0. The zero-order valence-corrected chi connectivity index (χ0v) is 13.1. The molecule has 19 heavy (non-hydrogen) atoms. The third-order valence-electron chi connectivity index (χ3n) is 4.77. The molecular weight excluding hydrogens is 256 g/mol. The van der Waals surface area contributed by atoms with Gasteiger partial charge in [-0.3, -0.25) is 0 Å². The largest absolute Gasteiger partial charge is 0.366 e. The van der Waals surface area contributed by atoms with Crippen molar-refractivity contribution in [3.8, 4) is 0 Å². The standard InChI is InChI=1S/C16H23ClN2/c1-11-5-14(17)18-8-13(11)19-10-16(4)7-12(19)6-15(2,3)9-16/h5,8,12H,6-7,9-10H2,1-4H3. The number of nitrogens with zero attached hydrogens (tertiary/aromatic N) is 2. The van der Waals surface area contributed by atoms with E-state index < -0.39 is 0 Å². The monoisotopic (exact) mass is 278 g/mol. The minimum Gasteiger partial charge on any atom is -0.366 e. The van der Waals surface area contributed by atoms with E-state index in [4.69, 9.17) is 11.6 Å². The van der Waals surface area contributed by atoms with Crippen LogP contribution in [-0.4, -0.2) is 17.6 Å². The molecule has 0 spiro atoms. The van der Waals surface area contributed by atoms with Gasteiger partial charge in [0.25, 0.3) is 0 Å². The first-order valence-corrected chi connectivity index (χ1v) is 7.55. The molecule has 3 rings (SSSR count). The molecule has 2 unspecified atom stereocenters. The molecule has 1 aromatic heterocycles. The first kappa shape index (κ1) is 13.2. The summed E-state index contributed by atoms with van der Waals surface area (Å²) < 4.78 is 0. The summed E-state index contributed by atoms with van der Waals surface area (Å²) >= 11 is 5.98. The molecule has 0 amide bonds. The molecule has 2 atom stereocenters. The zero-order valence-electron chi connectivity index (χ0n) is 12.3. The lowest BCUT2D eigenvalue weighted by Crippen LogP contribution is -2.34. The highest BCUT2D eigenvalue weighted by atomic mass is 35.5. The summed E-state index contributed by atoms with van der Waals surface area (Å²) in [4.78, 5) is 6.86. The van der Waals surface area contributed by atoms with Crippen molar-refractivity contribution in [2.75, 3.05) is 11.4 Å². The third-order valence-corrected chi connectivity index (χ3v) is 4.98. The van der Waals surface area contributed by atoms with Crippen LogP contribution in [0, 0.1) is 17.8 Å². The minimum absolute atomic E-state index is 0.457. The van der Waals surface area contributed by atoms with E-state index in [-0.39, 0.29) is 0 Å². The molecule has 0 radical (unpaired) electrons. The fraction of sp³-hybridized carbons (Fsp3) is 0.688. The topological polar surface area (TPSA) is 16.1 Å². The second kappa shape index (κ2) is 4.12. The van der Waals surface area contributed by atoms with Crippen LogP contribution in [0.25, 0.3) is 0 Å². The van der Waals surface area contributed by atoms with Gasteiger partial charge in [-0.25, -0.2) is 4.98 Å². The number of halogens is 1. The Morgan fingerprint density at radius 3 is 2.74 bits per heavy atom. The summed E-state index contributed by atoms with van der Waals surface area (Å²) in [7, 11) is 0. The van der Waals surface area contributed by atoms with Crippen LogP contribution in [0.15, 0.2) is 12.3 Å². The van der Waals surface area contributed by atoms with Crippen molar-refractivity contribution >= 4 is 17.3 Å². The van der Waals surface area contributed by atoms with E-state index in [1.54, 1.807) is 0 Å². The van der Waals surface area contributed by atoms with E-state index in [0.29, 0.717) is 22.0 Å². The Morgan fingerprint density at radius 2 is 2.05 bits per heavy atom. The molecule has 2 fully saturated rings. The predicted molar refractivity (Wildman–Crippen MR) is 80.9 cm³/mol.